The van der Waals surface area contributed by atoms with E-state index in [9.17, 15) is 4.79 Å². The summed E-state index contributed by atoms with van der Waals surface area (Å²) in [6.45, 7) is 12.9. The highest BCUT2D eigenvalue weighted by atomic mass is 16.6. The Balaban J connectivity index is 4.01. The monoisotopic (exact) mass is 243 g/mol. The van der Waals surface area contributed by atoms with E-state index in [1.807, 2.05) is 20.8 Å². The molecule has 0 heterocycles. The molecule has 0 rings (SSSR count). The maximum absolute atomic E-state index is 11.5. The van der Waals surface area contributed by atoms with Gasteiger partial charge in [-0.1, -0.05) is 20.8 Å². The predicted octanol–water partition coefficient (Wildman–Crippen LogP) is 3.28. The minimum Gasteiger partial charge on any atom is -0.460 e. The van der Waals surface area contributed by atoms with Crippen LogP contribution in [-0.4, -0.2) is 23.7 Å². The number of nitrogens with one attached hydrogen (secondary N) is 1. The van der Waals surface area contributed by atoms with E-state index in [4.69, 9.17) is 4.74 Å². The molecule has 0 saturated carbocycles. The lowest BCUT2D eigenvalue weighted by molar-refractivity contribution is -0.154. The van der Waals surface area contributed by atoms with Crippen LogP contribution in [0.3, 0.4) is 0 Å². The average molecular weight is 243 g/mol. The molecule has 0 aromatic rings. The lowest BCUT2D eigenvalue weighted by Gasteiger charge is -2.32. The molecule has 0 fully saturated rings. The Morgan fingerprint density at radius 2 is 1.53 bits per heavy atom. The molecule has 0 saturated heterocycles. The van der Waals surface area contributed by atoms with Crippen molar-refractivity contribution in [2.75, 3.05) is 6.54 Å². The minimum absolute atomic E-state index is 0.123. The Bertz CT molecular complexity index is 219. The summed E-state index contributed by atoms with van der Waals surface area (Å²) in [5.41, 5.74) is -0.198. The normalized spacial score (nSPS) is 12.6. The maximum atomic E-state index is 11.5. The van der Waals surface area contributed by atoms with Crippen LogP contribution >= 0.6 is 0 Å². The lowest BCUT2D eigenvalue weighted by atomic mass is 9.90. The SMILES string of the molecule is CCC(CC)(CC)NCCC(=O)OC(C)(C)C. The zero-order chi connectivity index (χ0) is 13.5. The molecule has 0 atom stereocenters. The third kappa shape index (κ3) is 6.67. The number of carbonyl (C=O) groups excluding carboxylic acids is 1. The molecule has 3 nitrogen and oxygen atoms in total. The maximum Gasteiger partial charge on any atom is 0.307 e. The van der Waals surface area contributed by atoms with Gasteiger partial charge in [-0.15, -0.1) is 0 Å². The molecule has 0 unspecified atom stereocenters. The molecule has 0 radical (unpaired) electrons. The van der Waals surface area contributed by atoms with E-state index in [-0.39, 0.29) is 17.1 Å². The van der Waals surface area contributed by atoms with Gasteiger partial charge in [0.1, 0.15) is 5.60 Å². The molecular formula is C14H29NO2. The van der Waals surface area contributed by atoms with E-state index < -0.39 is 0 Å². The summed E-state index contributed by atoms with van der Waals surface area (Å²) in [5.74, 6) is -0.123. The Morgan fingerprint density at radius 3 is 1.88 bits per heavy atom. The second-order valence-electron chi connectivity index (χ2n) is 5.60. The van der Waals surface area contributed by atoms with Crippen molar-refractivity contribution in [1.29, 1.82) is 0 Å². The van der Waals surface area contributed by atoms with E-state index in [2.05, 4.69) is 26.1 Å². The fraction of sp³-hybridized carbons (Fsp3) is 0.929. The number of rotatable bonds is 7. The van der Waals surface area contributed by atoms with E-state index in [0.29, 0.717) is 13.0 Å². The van der Waals surface area contributed by atoms with Crippen molar-refractivity contribution < 1.29 is 9.53 Å². The highest BCUT2D eigenvalue weighted by Crippen LogP contribution is 2.19. The van der Waals surface area contributed by atoms with Gasteiger partial charge in [0, 0.05) is 12.1 Å². The van der Waals surface area contributed by atoms with Gasteiger partial charge >= 0.3 is 5.97 Å². The van der Waals surface area contributed by atoms with E-state index in [1.165, 1.54) is 0 Å². The van der Waals surface area contributed by atoms with Crippen LogP contribution in [-0.2, 0) is 9.53 Å². The number of carbonyl (C=O) groups is 1. The Morgan fingerprint density at radius 1 is 1.06 bits per heavy atom. The molecule has 0 amide bonds. The summed E-state index contributed by atoms with van der Waals surface area (Å²) in [4.78, 5) is 11.5. The van der Waals surface area contributed by atoms with Gasteiger partial charge in [-0.25, -0.2) is 0 Å². The Labute approximate surface area is 106 Å². The number of hydrogen-bond donors (Lipinski definition) is 1. The quantitative estimate of drug-likeness (QED) is 0.697. The minimum atomic E-state index is -0.381. The third-order valence-corrected chi connectivity index (χ3v) is 3.28. The van der Waals surface area contributed by atoms with Crippen molar-refractivity contribution in [2.45, 2.75) is 78.4 Å². The van der Waals surface area contributed by atoms with Gasteiger partial charge in [0.15, 0.2) is 0 Å². The first-order valence-electron chi connectivity index (χ1n) is 6.75. The van der Waals surface area contributed by atoms with Crippen LogP contribution in [0.5, 0.6) is 0 Å². The van der Waals surface area contributed by atoms with Crippen molar-refractivity contribution in [3.05, 3.63) is 0 Å². The fourth-order valence-electron chi connectivity index (χ4n) is 1.95. The second kappa shape index (κ2) is 7.00. The van der Waals surface area contributed by atoms with Gasteiger partial charge in [0.25, 0.3) is 0 Å². The molecule has 0 spiro atoms. The number of ether oxygens (including phenoxy) is 1. The molecule has 0 aromatic heterocycles. The second-order valence-corrected chi connectivity index (χ2v) is 5.60. The van der Waals surface area contributed by atoms with Crippen LogP contribution in [0.1, 0.15) is 67.2 Å². The molecule has 0 aliphatic heterocycles. The molecule has 102 valence electrons. The molecule has 0 bridgehead atoms. The number of hydrogen-bond acceptors (Lipinski definition) is 3. The Kier molecular flexibility index (Phi) is 6.76. The highest BCUT2D eigenvalue weighted by Gasteiger charge is 2.23. The van der Waals surface area contributed by atoms with Gasteiger partial charge in [-0.05, 0) is 40.0 Å². The molecular weight excluding hydrogens is 214 g/mol. The smallest absolute Gasteiger partial charge is 0.307 e. The predicted molar refractivity (Wildman–Crippen MR) is 72.1 cm³/mol. The van der Waals surface area contributed by atoms with Crippen LogP contribution in [0.4, 0.5) is 0 Å². The van der Waals surface area contributed by atoms with Crippen molar-refractivity contribution in [1.82, 2.24) is 5.32 Å². The summed E-state index contributed by atoms with van der Waals surface area (Å²) in [5, 5.41) is 3.50. The van der Waals surface area contributed by atoms with Crippen LogP contribution in [0.15, 0.2) is 0 Å². The van der Waals surface area contributed by atoms with Gasteiger partial charge in [0.05, 0.1) is 6.42 Å². The van der Waals surface area contributed by atoms with E-state index in [1.54, 1.807) is 0 Å². The topological polar surface area (TPSA) is 38.3 Å². The van der Waals surface area contributed by atoms with Gasteiger partial charge in [0.2, 0.25) is 0 Å². The van der Waals surface area contributed by atoms with E-state index >= 15 is 0 Å². The molecule has 3 heteroatoms. The largest absolute Gasteiger partial charge is 0.460 e. The van der Waals surface area contributed by atoms with Gasteiger partial charge in [-0.2, -0.15) is 0 Å². The first kappa shape index (κ1) is 16.4. The molecule has 0 aliphatic rings. The summed E-state index contributed by atoms with van der Waals surface area (Å²) in [7, 11) is 0. The molecule has 0 aliphatic carbocycles. The first-order valence-corrected chi connectivity index (χ1v) is 6.75. The van der Waals surface area contributed by atoms with Crippen LogP contribution in [0.25, 0.3) is 0 Å². The van der Waals surface area contributed by atoms with Gasteiger partial charge in [-0.3, -0.25) is 4.79 Å². The number of esters is 1. The molecule has 0 aromatic carbocycles. The molecule has 1 N–H and O–H groups in total. The lowest BCUT2D eigenvalue weighted by Crippen LogP contribution is -2.44. The zero-order valence-corrected chi connectivity index (χ0v) is 12.4. The standard InChI is InChI=1S/C14H29NO2/c1-7-14(8-2,9-3)15-11-10-12(16)17-13(4,5)6/h15H,7-11H2,1-6H3. The summed E-state index contributed by atoms with van der Waals surface area (Å²) in [6.07, 6.45) is 3.72. The molecule has 17 heavy (non-hydrogen) atoms. The third-order valence-electron chi connectivity index (χ3n) is 3.28. The fourth-order valence-corrected chi connectivity index (χ4v) is 1.95. The average Bonchev–Trinajstić information content (AvgIpc) is 2.22. The van der Waals surface area contributed by atoms with Crippen molar-refractivity contribution in [3.63, 3.8) is 0 Å². The summed E-state index contributed by atoms with van der Waals surface area (Å²) >= 11 is 0. The highest BCUT2D eigenvalue weighted by molar-refractivity contribution is 5.70. The van der Waals surface area contributed by atoms with Crippen LogP contribution in [0.2, 0.25) is 0 Å². The Hall–Kier alpha value is -0.570. The zero-order valence-electron chi connectivity index (χ0n) is 12.4. The van der Waals surface area contributed by atoms with Crippen LogP contribution in [0, 0.1) is 0 Å². The van der Waals surface area contributed by atoms with Crippen molar-refractivity contribution in [3.8, 4) is 0 Å². The van der Waals surface area contributed by atoms with Gasteiger partial charge < -0.3 is 10.1 Å². The van der Waals surface area contributed by atoms with Crippen LogP contribution < -0.4 is 5.32 Å². The summed E-state index contributed by atoms with van der Waals surface area (Å²) in [6, 6.07) is 0. The van der Waals surface area contributed by atoms with Crippen molar-refractivity contribution in [2.24, 2.45) is 0 Å². The summed E-state index contributed by atoms with van der Waals surface area (Å²) < 4.78 is 5.27. The van der Waals surface area contributed by atoms with E-state index in [0.717, 1.165) is 19.3 Å². The first-order chi connectivity index (χ1) is 7.78. The van der Waals surface area contributed by atoms with Crippen molar-refractivity contribution >= 4 is 5.97 Å².